The highest BCUT2D eigenvalue weighted by molar-refractivity contribution is 5.72. The highest BCUT2D eigenvalue weighted by atomic mass is 16.6. The second kappa shape index (κ2) is 47.0. The van der Waals surface area contributed by atoms with E-state index in [0.29, 0.717) is 12.8 Å². The summed E-state index contributed by atoms with van der Waals surface area (Å²) in [5, 5.41) is 0. The molecule has 0 rings (SSSR count). The number of allylic oxidation sites excluding steroid dienone is 15. The highest BCUT2D eigenvalue weighted by Crippen LogP contribution is 2.13. The van der Waals surface area contributed by atoms with Crippen LogP contribution in [0.4, 0.5) is 0 Å². The van der Waals surface area contributed by atoms with Crippen LogP contribution < -0.4 is 0 Å². The van der Waals surface area contributed by atoms with Crippen LogP contribution >= 0.6 is 0 Å². The molecule has 0 aliphatic carbocycles. The summed E-state index contributed by atoms with van der Waals surface area (Å²) in [6, 6.07) is 0. The van der Waals surface area contributed by atoms with Crippen molar-refractivity contribution < 1.29 is 28.6 Å². The molecule has 0 spiro atoms. The van der Waals surface area contributed by atoms with Gasteiger partial charge < -0.3 is 14.2 Å². The number of unbranched alkanes of at least 4 members (excludes halogenated alkanes) is 15. The van der Waals surface area contributed by atoms with Crippen LogP contribution in [0.3, 0.4) is 0 Å². The number of ether oxygens (including phenoxy) is 3. The second-order valence-electron chi connectivity index (χ2n) is 15.3. The summed E-state index contributed by atoms with van der Waals surface area (Å²) in [4.78, 5) is 37.7. The third-order valence-corrected chi connectivity index (χ3v) is 9.62. The fraction of sp³-hybridized carbons (Fsp3) is 0.642. The summed E-state index contributed by atoms with van der Waals surface area (Å²) in [6.07, 6.45) is 61.3. The van der Waals surface area contributed by atoms with Crippen molar-refractivity contribution in [3.8, 4) is 0 Å². The summed E-state index contributed by atoms with van der Waals surface area (Å²) in [5.41, 5.74) is 0. The van der Waals surface area contributed by atoms with Crippen molar-refractivity contribution in [2.75, 3.05) is 13.2 Å². The Morgan fingerprint density at radius 3 is 1.12 bits per heavy atom. The van der Waals surface area contributed by atoms with E-state index in [1.807, 2.05) is 6.08 Å². The van der Waals surface area contributed by atoms with Crippen molar-refractivity contribution in [2.24, 2.45) is 0 Å². The largest absolute Gasteiger partial charge is 0.462 e. The summed E-state index contributed by atoms with van der Waals surface area (Å²) in [6.45, 7) is 6.28. The monoisotopic (exact) mass is 819 g/mol. The molecule has 1 unspecified atom stereocenters. The molecule has 1 atom stereocenters. The van der Waals surface area contributed by atoms with Gasteiger partial charge in [0.25, 0.3) is 0 Å². The molecule has 0 aromatic rings. The molecule has 0 amide bonds. The van der Waals surface area contributed by atoms with Gasteiger partial charge in [-0.15, -0.1) is 0 Å². The van der Waals surface area contributed by atoms with E-state index in [-0.39, 0.29) is 31.6 Å². The van der Waals surface area contributed by atoms with E-state index >= 15 is 0 Å². The molecule has 6 heteroatoms. The summed E-state index contributed by atoms with van der Waals surface area (Å²) >= 11 is 0. The van der Waals surface area contributed by atoms with Crippen molar-refractivity contribution >= 4 is 17.9 Å². The summed E-state index contributed by atoms with van der Waals surface area (Å²) in [7, 11) is 0. The molecular weight excluding hydrogens is 733 g/mol. The number of carbonyl (C=O) groups excluding carboxylic acids is 3. The average Bonchev–Trinajstić information content (AvgIpc) is 3.23. The van der Waals surface area contributed by atoms with E-state index < -0.39 is 12.1 Å². The van der Waals surface area contributed by atoms with E-state index in [2.05, 4.69) is 106 Å². The van der Waals surface area contributed by atoms with E-state index in [4.69, 9.17) is 14.2 Å². The van der Waals surface area contributed by atoms with Crippen molar-refractivity contribution in [3.63, 3.8) is 0 Å². The van der Waals surface area contributed by atoms with Crippen LogP contribution in [0.2, 0.25) is 0 Å². The summed E-state index contributed by atoms with van der Waals surface area (Å²) < 4.78 is 16.6. The quantitative estimate of drug-likeness (QED) is 0.0265. The molecule has 0 heterocycles. The van der Waals surface area contributed by atoms with E-state index in [1.165, 1.54) is 64.2 Å². The lowest BCUT2D eigenvalue weighted by Crippen LogP contribution is -2.30. The minimum atomic E-state index is -0.833. The van der Waals surface area contributed by atoms with Crippen LogP contribution in [0, 0.1) is 0 Å². The molecule has 0 aromatic heterocycles. The third-order valence-electron chi connectivity index (χ3n) is 9.62. The lowest BCUT2D eigenvalue weighted by Gasteiger charge is -2.18. The molecule has 334 valence electrons. The highest BCUT2D eigenvalue weighted by Gasteiger charge is 2.19. The number of carbonyl (C=O) groups is 3. The number of hydrogen-bond acceptors (Lipinski definition) is 6. The third kappa shape index (κ3) is 45.3. The Bertz CT molecular complexity index is 1220. The molecule has 0 aliphatic rings. The molecule has 0 saturated heterocycles. The molecule has 0 radical (unpaired) electrons. The molecule has 6 nitrogen and oxygen atoms in total. The molecule has 0 bridgehead atoms. The fourth-order valence-corrected chi connectivity index (χ4v) is 6.12. The molecule has 0 N–H and O–H groups in total. The predicted molar refractivity (Wildman–Crippen MR) is 251 cm³/mol. The molecule has 0 saturated carbocycles. The van der Waals surface area contributed by atoms with Gasteiger partial charge in [-0.2, -0.15) is 0 Å². The average molecular weight is 819 g/mol. The zero-order valence-corrected chi connectivity index (χ0v) is 38.0. The van der Waals surface area contributed by atoms with Crippen LogP contribution in [0.5, 0.6) is 0 Å². The van der Waals surface area contributed by atoms with Crippen LogP contribution in [-0.4, -0.2) is 37.2 Å². The topological polar surface area (TPSA) is 78.9 Å². The van der Waals surface area contributed by atoms with Crippen molar-refractivity contribution in [2.45, 2.75) is 207 Å². The first kappa shape index (κ1) is 55.3. The molecule has 0 aromatic carbocycles. The first-order valence-corrected chi connectivity index (χ1v) is 23.7. The van der Waals surface area contributed by atoms with Crippen molar-refractivity contribution in [1.29, 1.82) is 0 Å². The number of esters is 3. The Balaban J connectivity index is 4.49. The Morgan fingerprint density at radius 1 is 0.373 bits per heavy atom. The zero-order chi connectivity index (χ0) is 43.0. The van der Waals surface area contributed by atoms with Crippen molar-refractivity contribution in [3.05, 3.63) is 97.2 Å². The fourth-order valence-electron chi connectivity index (χ4n) is 6.12. The predicted octanol–water partition coefficient (Wildman–Crippen LogP) is 15.4. The Kier molecular flexibility index (Phi) is 44.1. The molecule has 0 aliphatic heterocycles. The standard InChI is InChI=1S/C53H86O6/c1-4-7-10-13-16-19-21-23-25-26-28-29-31-34-37-40-43-46-52(55)58-49-50(48-57-51(54)45-42-39-36-33-18-15-12-9-6-3)59-53(56)47-44-41-38-35-32-30-27-24-22-20-17-14-11-8-5-2/h7-8,10-11,16-17,19-20,23-25,27,32,35,41,44,50H,4-6,9,12-15,18,21-22,26,28-31,33-34,36-40,42-43,45-49H2,1-3H3/b10-7-,11-8-,19-16-,20-17-,25-23-,27-24-,35-32-,44-41-. The van der Waals surface area contributed by atoms with Gasteiger partial charge >= 0.3 is 17.9 Å². The van der Waals surface area contributed by atoms with Crippen molar-refractivity contribution in [1.82, 2.24) is 0 Å². The van der Waals surface area contributed by atoms with Gasteiger partial charge in [-0.25, -0.2) is 0 Å². The van der Waals surface area contributed by atoms with Gasteiger partial charge in [0.1, 0.15) is 13.2 Å². The first-order chi connectivity index (χ1) is 29.0. The van der Waals surface area contributed by atoms with Gasteiger partial charge in [0.15, 0.2) is 6.10 Å². The van der Waals surface area contributed by atoms with Gasteiger partial charge in [-0.1, -0.05) is 201 Å². The van der Waals surface area contributed by atoms with Gasteiger partial charge in [0.2, 0.25) is 0 Å². The maximum Gasteiger partial charge on any atom is 0.310 e. The molecule has 0 fully saturated rings. The van der Waals surface area contributed by atoms with Gasteiger partial charge in [-0.3, -0.25) is 14.4 Å². The Hall–Kier alpha value is -3.67. The minimum Gasteiger partial charge on any atom is -0.462 e. The zero-order valence-electron chi connectivity index (χ0n) is 38.0. The van der Waals surface area contributed by atoms with Gasteiger partial charge in [-0.05, 0) is 77.0 Å². The van der Waals surface area contributed by atoms with Gasteiger partial charge in [0, 0.05) is 12.8 Å². The SMILES string of the molecule is CC/C=C\C/C=C\C/C=C\C/C=C\C/C=C\CC(=O)OC(COC(=O)CCCCCCCCC/C=C\C/C=C\C/C=C\CC)COC(=O)CCCCCCCCCCC. The van der Waals surface area contributed by atoms with Crippen LogP contribution in [0.25, 0.3) is 0 Å². The maximum absolute atomic E-state index is 12.7. The lowest BCUT2D eigenvalue weighted by atomic mass is 10.1. The lowest BCUT2D eigenvalue weighted by molar-refractivity contribution is -0.166. The van der Waals surface area contributed by atoms with Crippen LogP contribution in [0.15, 0.2) is 97.2 Å². The van der Waals surface area contributed by atoms with Gasteiger partial charge in [0.05, 0.1) is 6.42 Å². The summed E-state index contributed by atoms with van der Waals surface area (Å²) in [5.74, 6) is -1.07. The molecular formula is C53H86O6. The van der Waals surface area contributed by atoms with Crippen LogP contribution in [0.1, 0.15) is 201 Å². The Morgan fingerprint density at radius 2 is 0.712 bits per heavy atom. The maximum atomic E-state index is 12.7. The second-order valence-corrected chi connectivity index (χ2v) is 15.3. The smallest absolute Gasteiger partial charge is 0.310 e. The first-order valence-electron chi connectivity index (χ1n) is 23.7. The van der Waals surface area contributed by atoms with E-state index in [9.17, 15) is 14.4 Å². The molecule has 59 heavy (non-hydrogen) atoms. The normalized spacial score (nSPS) is 12.9. The van der Waals surface area contributed by atoms with E-state index in [1.54, 1.807) is 6.08 Å². The number of hydrogen-bond donors (Lipinski definition) is 0. The number of rotatable bonds is 41. The minimum absolute atomic E-state index is 0.0933. The van der Waals surface area contributed by atoms with Crippen LogP contribution in [-0.2, 0) is 28.6 Å². The Labute approximate surface area is 362 Å². The van der Waals surface area contributed by atoms with E-state index in [0.717, 1.165) is 96.3 Å².